The Hall–Kier alpha value is -1.86. The van der Waals surface area contributed by atoms with Gasteiger partial charge in [0.25, 0.3) is 5.88 Å². The van der Waals surface area contributed by atoms with Crippen LogP contribution in [0, 0.1) is 0 Å². The van der Waals surface area contributed by atoms with Gasteiger partial charge in [-0.05, 0) is 0 Å². The van der Waals surface area contributed by atoms with Crippen molar-refractivity contribution in [2.24, 2.45) is 5.84 Å². The molecule has 0 unspecified atom stereocenters. The van der Waals surface area contributed by atoms with Crippen LogP contribution >= 0.6 is 0 Å². The first-order chi connectivity index (χ1) is 7.85. The number of nitrogens with two attached hydrogens (primary N) is 1. The number of aliphatic hydroxyl groups excluding tert-OH is 1. The minimum absolute atomic E-state index is 0.0829. The van der Waals surface area contributed by atoms with Gasteiger partial charge < -0.3 is 15.3 Å². The Morgan fingerprint density at radius 3 is 3.19 bits per heavy atom. The van der Waals surface area contributed by atoms with Gasteiger partial charge in [-0.2, -0.15) is 4.98 Å². The molecule has 7 nitrogen and oxygen atoms in total. The van der Waals surface area contributed by atoms with Gasteiger partial charge in [0.05, 0.1) is 12.8 Å². The normalized spacial score (nSPS) is 10.6. The highest BCUT2D eigenvalue weighted by molar-refractivity contribution is 5.53. The molecule has 2 aromatic rings. The van der Waals surface area contributed by atoms with Crippen LogP contribution in [0.15, 0.2) is 18.6 Å². The van der Waals surface area contributed by atoms with E-state index in [2.05, 4.69) is 15.4 Å². The molecule has 0 amide bonds. The second kappa shape index (κ2) is 4.77. The number of fused-ring (bicyclic) bond motifs is 1. The molecule has 86 valence electrons. The van der Waals surface area contributed by atoms with Crippen LogP contribution in [0.1, 0.15) is 6.42 Å². The Balaban J connectivity index is 2.29. The quantitative estimate of drug-likeness (QED) is 0.368. The maximum atomic E-state index is 8.66. The summed E-state index contributed by atoms with van der Waals surface area (Å²) in [5, 5.41) is 8.66. The van der Waals surface area contributed by atoms with Crippen molar-refractivity contribution in [2.75, 3.05) is 18.6 Å². The lowest BCUT2D eigenvalue weighted by atomic mass is 10.5. The first kappa shape index (κ1) is 10.7. The summed E-state index contributed by atoms with van der Waals surface area (Å²) in [6, 6.07) is 0. The molecule has 16 heavy (non-hydrogen) atoms. The Bertz CT molecular complexity index is 470. The fraction of sp³-hybridized carbons (Fsp3) is 0.333. The molecule has 7 heteroatoms. The van der Waals surface area contributed by atoms with Gasteiger partial charge in [-0.1, -0.05) is 0 Å². The number of hydrogen-bond acceptors (Lipinski definition) is 6. The van der Waals surface area contributed by atoms with Crippen LogP contribution < -0.4 is 16.0 Å². The summed E-state index contributed by atoms with van der Waals surface area (Å²) in [7, 11) is 0. The van der Waals surface area contributed by atoms with Crippen molar-refractivity contribution in [2.45, 2.75) is 6.42 Å². The highest BCUT2D eigenvalue weighted by atomic mass is 16.5. The van der Waals surface area contributed by atoms with E-state index < -0.39 is 0 Å². The second-order valence-electron chi connectivity index (χ2n) is 3.16. The molecular formula is C9H13N5O2. The summed E-state index contributed by atoms with van der Waals surface area (Å²) in [6.07, 6.45) is 5.68. The minimum Gasteiger partial charge on any atom is -0.475 e. The molecule has 4 N–H and O–H groups in total. The average molecular weight is 223 g/mol. The van der Waals surface area contributed by atoms with E-state index in [9.17, 15) is 0 Å². The van der Waals surface area contributed by atoms with Crippen LogP contribution in [-0.2, 0) is 0 Å². The lowest BCUT2D eigenvalue weighted by Gasteiger charge is -2.07. The standard InChI is InChI=1S/C9H13N5O2/c10-13-7-6-14-3-2-11-8(14)9(12-7)16-5-1-4-15/h2-3,6,13,15H,1,4-5,10H2. The molecular weight excluding hydrogens is 210 g/mol. The van der Waals surface area contributed by atoms with Gasteiger partial charge in [-0.25, -0.2) is 10.8 Å². The predicted molar refractivity (Wildman–Crippen MR) is 58.0 cm³/mol. The van der Waals surface area contributed by atoms with E-state index in [0.29, 0.717) is 30.4 Å². The average Bonchev–Trinajstić information content (AvgIpc) is 2.77. The van der Waals surface area contributed by atoms with Gasteiger partial charge in [-0.15, -0.1) is 0 Å². The van der Waals surface area contributed by atoms with Crippen molar-refractivity contribution in [3.05, 3.63) is 18.6 Å². The molecule has 0 saturated carbocycles. The maximum Gasteiger partial charge on any atom is 0.260 e. The smallest absolute Gasteiger partial charge is 0.260 e. The third-order valence-electron chi connectivity index (χ3n) is 2.03. The van der Waals surface area contributed by atoms with Crippen LogP contribution in [-0.4, -0.2) is 32.7 Å². The van der Waals surface area contributed by atoms with Gasteiger partial charge in [0, 0.05) is 25.4 Å². The van der Waals surface area contributed by atoms with Gasteiger partial charge >= 0.3 is 0 Å². The number of aliphatic hydroxyl groups is 1. The van der Waals surface area contributed by atoms with E-state index in [-0.39, 0.29) is 6.61 Å². The largest absolute Gasteiger partial charge is 0.475 e. The molecule has 0 aliphatic heterocycles. The van der Waals surface area contributed by atoms with Gasteiger partial charge in [0.15, 0.2) is 5.82 Å². The van der Waals surface area contributed by atoms with Crippen LogP contribution in [0.5, 0.6) is 5.88 Å². The predicted octanol–water partition coefficient (Wildman–Crippen LogP) is -0.224. The fourth-order valence-electron chi connectivity index (χ4n) is 1.30. The summed E-state index contributed by atoms with van der Waals surface area (Å²) < 4.78 is 7.17. The van der Waals surface area contributed by atoms with Gasteiger partial charge in [0.2, 0.25) is 5.65 Å². The zero-order valence-electron chi connectivity index (χ0n) is 8.63. The second-order valence-corrected chi connectivity index (χ2v) is 3.16. The number of hydrazine groups is 1. The van der Waals surface area contributed by atoms with Crippen LogP contribution in [0.3, 0.4) is 0 Å². The number of imidazole rings is 1. The van der Waals surface area contributed by atoms with Crippen molar-refractivity contribution in [1.29, 1.82) is 0 Å². The van der Waals surface area contributed by atoms with E-state index in [4.69, 9.17) is 15.7 Å². The molecule has 0 bridgehead atoms. The van der Waals surface area contributed by atoms with Gasteiger partial charge in [0.1, 0.15) is 0 Å². The summed E-state index contributed by atoms with van der Waals surface area (Å²) in [5.41, 5.74) is 3.07. The molecule has 0 spiro atoms. The molecule has 2 rings (SSSR count). The summed E-state index contributed by atoms with van der Waals surface area (Å²) in [4.78, 5) is 8.26. The number of ether oxygens (including phenoxy) is 1. The summed E-state index contributed by atoms with van der Waals surface area (Å²) in [5.74, 6) is 6.18. The van der Waals surface area contributed by atoms with Crippen molar-refractivity contribution in [3.63, 3.8) is 0 Å². The van der Waals surface area contributed by atoms with E-state index >= 15 is 0 Å². The number of hydrogen-bond donors (Lipinski definition) is 3. The number of aromatic nitrogens is 3. The number of nitrogens with one attached hydrogen (secondary N) is 1. The fourth-order valence-corrected chi connectivity index (χ4v) is 1.30. The van der Waals surface area contributed by atoms with Crippen molar-refractivity contribution in [1.82, 2.24) is 14.4 Å². The van der Waals surface area contributed by atoms with E-state index in [0.717, 1.165) is 0 Å². The Morgan fingerprint density at radius 2 is 2.44 bits per heavy atom. The first-order valence-electron chi connectivity index (χ1n) is 4.89. The zero-order chi connectivity index (χ0) is 11.4. The molecule has 0 aliphatic carbocycles. The molecule has 2 aromatic heterocycles. The molecule has 0 aromatic carbocycles. The number of rotatable bonds is 5. The number of nitrogens with zero attached hydrogens (tertiary/aromatic N) is 3. The summed E-state index contributed by atoms with van der Waals surface area (Å²) in [6.45, 7) is 0.472. The minimum atomic E-state index is 0.0829. The third-order valence-corrected chi connectivity index (χ3v) is 2.03. The lowest BCUT2D eigenvalue weighted by molar-refractivity contribution is 0.230. The third kappa shape index (κ3) is 2.05. The van der Waals surface area contributed by atoms with Crippen LogP contribution in [0.2, 0.25) is 0 Å². The Kier molecular flexibility index (Phi) is 3.18. The summed E-state index contributed by atoms with van der Waals surface area (Å²) >= 11 is 0. The molecule has 0 saturated heterocycles. The Labute approximate surface area is 91.9 Å². The van der Waals surface area contributed by atoms with E-state index in [1.165, 1.54) is 0 Å². The molecule has 0 fully saturated rings. The molecule has 2 heterocycles. The first-order valence-corrected chi connectivity index (χ1v) is 4.89. The number of nitrogen functional groups attached to an aromatic ring is 1. The topological polar surface area (TPSA) is 97.7 Å². The van der Waals surface area contributed by atoms with Crippen molar-refractivity contribution in [3.8, 4) is 5.88 Å². The van der Waals surface area contributed by atoms with Crippen molar-refractivity contribution >= 4 is 11.5 Å². The van der Waals surface area contributed by atoms with E-state index in [1.54, 1.807) is 23.0 Å². The van der Waals surface area contributed by atoms with Gasteiger partial charge in [-0.3, -0.25) is 4.40 Å². The van der Waals surface area contributed by atoms with Crippen LogP contribution in [0.25, 0.3) is 5.65 Å². The lowest BCUT2D eigenvalue weighted by Crippen LogP contribution is -2.11. The monoisotopic (exact) mass is 223 g/mol. The highest BCUT2D eigenvalue weighted by Crippen LogP contribution is 2.18. The molecule has 0 aliphatic rings. The SMILES string of the molecule is NNc1cn2ccnc2c(OCCCO)n1. The van der Waals surface area contributed by atoms with Crippen LogP contribution in [0.4, 0.5) is 5.82 Å². The molecule has 0 radical (unpaired) electrons. The Morgan fingerprint density at radius 1 is 1.56 bits per heavy atom. The molecule has 0 atom stereocenters. The zero-order valence-corrected chi connectivity index (χ0v) is 8.63. The van der Waals surface area contributed by atoms with E-state index in [1.807, 2.05) is 0 Å². The maximum absolute atomic E-state index is 8.66. The highest BCUT2D eigenvalue weighted by Gasteiger charge is 2.07. The number of anilines is 1. The van der Waals surface area contributed by atoms with Crippen molar-refractivity contribution < 1.29 is 9.84 Å².